The molecule has 0 radical (unpaired) electrons. The average Bonchev–Trinajstić information content (AvgIpc) is 2.63. The van der Waals surface area contributed by atoms with Crippen LogP contribution in [-0.4, -0.2) is 21.6 Å². The number of aromatic nitrogens is 3. The van der Waals surface area contributed by atoms with Gasteiger partial charge in [0.15, 0.2) is 10.4 Å². The molecular formula is C13H17N3OS. The van der Waals surface area contributed by atoms with Crippen molar-refractivity contribution in [1.29, 1.82) is 0 Å². The number of fused-ring (bicyclic) bond motifs is 1. The van der Waals surface area contributed by atoms with Gasteiger partial charge in [0.1, 0.15) is 0 Å². The van der Waals surface area contributed by atoms with Gasteiger partial charge in [-0.2, -0.15) is 4.98 Å². The van der Waals surface area contributed by atoms with Gasteiger partial charge in [-0.1, -0.05) is 13.3 Å². The molecule has 1 saturated carbocycles. The summed E-state index contributed by atoms with van der Waals surface area (Å²) in [6.45, 7) is 3.25. The Hall–Kier alpha value is -1.36. The zero-order valence-electron chi connectivity index (χ0n) is 10.7. The van der Waals surface area contributed by atoms with Crippen LogP contribution in [0.25, 0.3) is 11.2 Å². The van der Waals surface area contributed by atoms with E-state index in [2.05, 4.69) is 21.5 Å². The summed E-state index contributed by atoms with van der Waals surface area (Å²) in [4.78, 5) is 7.71. The predicted molar refractivity (Wildman–Crippen MR) is 73.4 cm³/mol. The minimum atomic E-state index is 0.373. The molecule has 0 aromatic carbocycles. The minimum Gasteiger partial charge on any atom is -0.481 e. The maximum Gasteiger partial charge on any atom is 0.215 e. The SMILES string of the molecule is COc1ccc2[nH]c(=S)n(CC3(C)CCC3)c2n1. The second-order valence-corrected chi connectivity index (χ2v) is 5.79. The van der Waals surface area contributed by atoms with Crippen molar-refractivity contribution < 1.29 is 4.74 Å². The van der Waals surface area contributed by atoms with E-state index in [0.29, 0.717) is 11.3 Å². The standard InChI is InChI=1S/C13H17N3OS/c1-13(6-3-7-13)8-16-11-9(14-12(16)18)4-5-10(15-11)17-2/h4-5H,3,6-8H2,1-2H3,(H,14,18). The Morgan fingerprint density at radius 2 is 2.28 bits per heavy atom. The van der Waals surface area contributed by atoms with E-state index in [1.54, 1.807) is 7.11 Å². The van der Waals surface area contributed by atoms with Gasteiger partial charge in [-0.15, -0.1) is 0 Å². The highest BCUT2D eigenvalue weighted by molar-refractivity contribution is 7.71. The Balaban J connectivity index is 2.08. The summed E-state index contributed by atoms with van der Waals surface area (Å²) in [5.41, 5.74) is 2.24. The monoisotopic (exact) mass is 263 g/mol. The van der Waals surface area contributed by atoms with Crippen molar-refractivity contribution in [3.63, 3.8) is 0 Å². The molecule has 2 heterocycles. The van der Waals surface area contributed by atoms with E-state index in [1.807, 2.05) is 12.1 Å². The highest BCUT2D eigenvalue weighted by atomic mass is 32.1. The molecule has 0 aliphatic heterocycles. The van der Waals surface area contributed by atoms with Crippen molar-refractivity contribution in [2.24, 2.45) is 5.41 Å². The van der Waals surface area contributed by atoms with Gasteiger partial charge in [0, 0.05) is 12.6 Å². The first-order chi connectivity index (χ1) is 8.61. The van der Waals surface area contributed by atoms with Gasteiger partial charge < -0.3 is 14.3 Å². The van der Waals surface area contributed by atoms with Crippen LogP contribution in [0.3, 0.4) is 0 Å². The number of imidazole rings is 1. The van der Waals surface area contributed by atoms with E-state index < -0.39 is 0 Å². The molecule has 5 heteroatoms. The number of methoxy groups -OCH3 is 1. The van der Waals surface area contributed by atoms with E-state index in [1.165, 1.54) is 19.3 Å². The van der Waals surface area contributed by atoms with Crippen molar-refractivity contribution in [2.75, 3.05) is 7.11 Å². The molecule has 1 fully saturated rings. The van der Waals surface area contributed by atoms with Gasteiger partial charge in [-0.05, 0) is 36.5 Å². The zero-order chi connectivity index (χ0) is 12.8. The fourth-order valence-corrected chi connectivity index (χ4v) is 2.85. The highest BCUT2D eigenvalue weighted by Crippen LogP contribution is 2.42. The molecule has 1 aliphatic carbocycles. The Morgan fingerprint density at radius 1 is 1.50 bits per heavy atom. The molecule has 2 aromatic heterocycles. The van der Waals surface area contributed by atoms with Gasteiger partial charge >= 0.3 is 0 Å². The summed E-state index contributed by atoms with van der Waals surface area (Å²) in [7, 11) is 1.63. The van der Waals surface area contributed by atoms with Crippen molar-refractivity contribution in [3.05, 3.63) is 16.9 Å². The smallest absolute Gasteiger partial charge is 0.215 e. The third-order valence-electron chi connectivity index (χ3n) is 3.90. The van der Waals surface area contributed by atoms with Crippen molar-refractivity contribution in [3.8, 4) is 5.88 Å². The predicted octanol–water partition coefficient (Wildman–Crippen LogP) is 3.29. The Bertz CT molecular complexity index is 639. The molecule has 0 atom stereocenters. The van der Waals surface area contributed by atoms with Gasteiger partial charge in [0.25, 0.3) is 0 Å². The van der Waals surface area contributed by atoms with Crippen LogP contribution < -0.4 is 4.74 Å². The third kappa shape index (κ3) is 1.82. The van der Waals surface area contributed by atoms with Gasteiger partial charge in [0.2, 0.25) is 5.88 Å². The Morgan fingerprint density at radius 3 is 2.89 bits per heavy atom. The molecule has 0 unspecified atom stereocenters. The van der Waals surface area contributed by atoms with Crippen LogP contribution in [0.1, 0.15) is 26.2 Å². The number of nitrogens with one attached hydrogen (secondary N) is 1. The van der Waals surface area contributed by atoms with Gasteiger partial charge in [0.05, 0.1) is 12.6 Å². The number of nitrogens with zero attached hydrogens (tertiary/aromatic N) is 2. The van der Waals surface area contributed by atoms with Crippen LogP contribution in [0, 0.1) is 10.2 Å². The topological polar surface area (TPSA) is 42.8 Å². The quantitative estimate of drug-likeness (QED) is 0.864. The number of pyridine rings is 1. The lowest BCUT2D eigenvalue weighted by Crippen LogP contribution is -2.30. The van der Waals surface area contributed by atoms with Gasteiger partial charge in [-0.3, -0.25) is 0 Å². The fraction of sp³-hybridized carbons (Fsp3) is 0.538. The molecule has 3 rings (SSSR count). The molecule has 0 amide bonds. The summed E-state index contributed by atoms with van der Waals surface area (Å²) >= 11 is 5.40. The van der Waals surface area contributed by atoms with Crippen LogP contribution in [0.2, 0.25) is 0 Å². The van der Waals surface area contributed by atoms with Gasteiger partial charge in [-0.25, -0.2) is 0 Å². The Labute approximate surface area is 111 Å². The van der Waals surface area contributed by atoms with Crippen LogP contribution in [0.15, 0.2) is 12.1 Å². The second kappa shape index (κ2) is 4.09. The Kier molecular flexibility index (Phi) is 2.66. The van der Waals surface area contributed by atoms with Crippen LogP contribution >= 0.6 is 12.2 Å². The van der Waals surface area contributed by atoms with E-state index in [-0.39, 0.29) is 0 Å². The van der Waals surface area contributed by atoms with E-state index >= 15 is 0 Å². The summed E-state index contributed by atoms with van der Waals surface area (Å²) in [5.74, 6) is 0.629. The molecule has 1 N–H and O–H groups in total. The number of hydrogen-bond acceptors (Lipinski definition) is 3. The maximum absolute atomic E-state index is 5.40. The van der Waals surface area contributed by atoms with Crippen molar-refractivity contribution in [1.82, 2.24) is 14.5 Å². The molecule has 96 valence electrons. The van der Waals surface area contributed by atoms with E-state index in [4.69, 9.17) is 17.0 Å². The molecular weight excluding hydrogens is 246 g/mol. The lowest BCUT2D eigenvalue weighted by atomic mass is 9.70. The maximum atomic E-state index is 5.40. The van der Waals surface area contributed by atoms with Crippen molar-refractivity contribution >= 4 is 23.4 Å². The van der Waals surface area contributed by atoms with Crippen LogP contribution in [-0.2, 0) is 6.54 Å². The molecule has 18 heavy (non-hydrogen) atoms. The normalized spacial score (nSPS) is 17.7. The summed E-state index contributed by atoms with van der Waals surface area (Å²) in [5, 5.41) is 0. The molecule has 1 aliphatic rings. The van der Waals surface area contributed by atoms with Crippen molar-refractivity contribution in [2.45, 2.75) is 32.7 Å². The van der Waals surface area contributed by atoms with Crippen LogP contribution in [0.5, 0.6) is 5.88 Å². The number of hydrogen-bond donors (Lipinski definition) is 1. The number of ether oxygens (including phenoxy) is 1. The minimum absolute atomic E-state index is 0.373. The van der Waals surface area contributed by atoms with E-state index in [9.17, 15) is 0 Å². The van der Waals surface area contributed by atoms with E-state index in [0.717, 1.165) is 22.5 Å². The molecule has 4 nitrogen and oxygen atoms in total. The average molecular weight is 263 g/mol. The molecule has 0 saturated heterocycles. The molecule has 0 bridgehead atoms. The lowest BCUT2D eigenvalue weighted by molar-refractivity contribution is 0.133. The summed E-state index contributed by atoms with van der Waals surface area (Å²) in [6.07, 6.45) is 3.86. The largest absolute Gasteiger partial charge is 0.481 e. The number of aromatic amines is 1. The lowest BCUT2D eigenvalue weighted by Gasteiger charge is -2.38. The zero-order valence-corrected chi connectivity index (χ0v) is 11.5. The fourth-order valence-electron chi connectivity index (χ4n) is 2.59. The summed E-state index contributed by atoms with van der Waals surface area (Å²) in [6, 6.07) is 3.82. The molecule has 0 spiro atoms. The molecule has 2 aromatic rings. The first-order valence-electron chi connectivity index (χ1n) is 6.25. The number of rotatable bonds is 3. The first kappa shape index (κ1) is 11.7. The van der Waals surface area contributed by atoms with Crippen LogP contribution in [0.4, 0.5) is 0 Å². The third-order valence-corrected chi connectivity index (χ3v) is 4.22. The number of H-pyrrole nitrogens is 1. The first-order valence-corrected chi connectivity index (χ1v) is 6.66. The summed E-state index contributed by atoms with van der Waals surface area (Å²) < 4.78 is 8.04. The highest BCUT2D eigenvalue weighted by Gasteiger charge is 2.32. The second-order valence-electron chi connectivity index (χ2n) is 5.41.